The first-order valence-corrected chi connectivity index (χ1v) is 30.7. The highest BCUT2D eigenvalue weighted by Gasteiger charge is 2.42. The molecular formula is C70H67FN10O15. The predicted molar refractivity (Wildman–Crippen MR) is 347 cm³/mol. The number of pyridine rings is 2. The maximum absolute atomic E-state index is 14.7. The van der Waals surface area contributed by atoms with Crippen LogP contribution in [0.25, 0.3) is 21.5 Å². The van der Waals surface area contributed by atoms with Gasteiger partial charge in [0.15, 0.2) is 0 Å². The van der Waals surface area contributed by atoms with Crippen LogP contribution in [0.4, 0.5) is 27.1 Å². The number of ether oxygens (including phenoxy) is 6. The summed E-state index contributed by atoms with van der Waals surface area (Å²) in [6, 6.07) is 43.9. The number of benzene rings is 6. The molecule has 8 aromatic rings. The fourth-order valence-electron chi connectivity index (χ4n) is 11.7. The number of carbonyl (C=O) groups is 9. The summed E-state index contributed by atoms with van der Waals surface area (Å²) in [5, 5.41) is 14.2. The lowest BCUT2D eigenvalue weighted by molar-refractivity contribution is -0.168. The van der Waals surface area contributed by atoms with Gasteiger partial charge in [-0.05, 0) is 64.4 Å². The number of hydrogen-bond donors (Lipinski definition) is 4. The van der Waals surface area contributed by atoms with Crippen LogP contribution in [0, 0.1) is 5.82 Å². The summed E-state index contributed by atoms with van der Waals surface area (Å²) in [4.78, 5) is 134. The SMILES string of the molecule is COCC(=O)N1C[C@H](NC(=O)c2nccc3ccccc23)C(=O)N(CC(=O)N[C@H]2CC(=O)OC2OCc2ccccc2)c2ccc(F)cc21.COCC(=O)N1C[C@H](NC(=O)c2nccc3ccccc23)CN(CC(=O)N[C@H]2CC(=O)OC2OCc2ccccc2)c2ccccc21. The Bertz CT molecular complexity index is 4200. The van der Waals surface area contributed by atoms with Gasteiger partial charge in [0.1, 0.15) is 55.1 Å². The van der Waals surface area contributed by atoms with E-state index in [4.69, 9.17) is 28.4 Å². The largest absolute Gasteiger partial charge is 0.433 e. The third-order valence-electron chi connectivity index (χ3n) is 16.1. The Morgan fingerprint density at radius 3 is 1.56 bits per heavy atom. The number of carbonyl (C=O) groups excluding carboxylic acids is 9. The van der Waals surface area contributed by atoms with Crippen molar-refractivity contribution < 1.29 is 76.0 Å². The lowest BCUT2D eigenvalue weighted by atomic mass is 10.1. The van der Waals surface area contributed by atoms with Crippen LogP contribution in [0.3, 0.4) is 0 Å². The second-order valence-corrected chi connectivity index (χ2v) is 22.8. The van der Waals surface area contributed by atoms with Crippen LogP contribution < -0.4 is 40.9 Å². The van der Waals surface area contributed by atoms with E-state index in [0.717, 1.165) is 43.8 Å². The average Bonchev–Trinajstić information content (AvgIpc) is 1.59. The molecule has 4 aliphatic rings. The van der Waals surface area contributed by atoms with Crippen LogP contribution in [0.5, 0.6) is 0 Å². The number of rotatable bonds is 20. The quantitative estimate of drug-likeness (QED) is 0.0706. The minimum absolute atomic E-state index is 0.00770. The Labute approximate surface area is 549 Å². The van der Waals surface area contributed by atoms with Crippen molar-refractivity contribution in [1.82, 2.24) is 31.2 Å². The van der Waals surface area contributed by atoms with Gasteiger partial charge in [0, 0.05) is 50.5 Å². The van der Waals surface area contributed by atoms with Gasteiger partial charge in [-0.15, -0.1) is 0 Å². The summed E-state index contributed by atoms with van der Waals surface area (Å²) in [6.07, 6.45) is 0.823. The van der Waals surface area contributed by atoms with Gasteiger partial charge in [-0.25, -0.2) is 4.39 Å². The van der Waals surface area contributed by atoms with Crippen LogP contribution in [0.1, 0.15) is 44.9 Å². The van der Waals surface area contributed by atoms with Crippen LogP contribution in [0.2, 0.25) is 0 Å². The first-order chi connectivity index (χ1) is 46.6. The monoisotopic (exact) mass is 1310 g/mol. The first-order valence-electron chi connectivity index (χ1n) is 30.7. The number of esters is 2. The topological polar surface area (TPSA) is 296 Å². The van der Waals surface area contributed by atoms with Crippen molar-refractivity contribution in [3.63, 3.8) is 0 Å². The minimum Gasteiger partial charge on any atom is -0.433 e. The zero-order valence-corrected chi connectivity index (χ0v) is 52.2. The van der Waals surface area contributed by atoms with Crippen molar-refractivity contribution in [3.05, 3.63) is 205 Å². The Hall–Kier alpha value is -11.1. The van der Waals surface area contributed by atoms with Crippen molar-refractivity contribution in [2.45, 2.75) is 62.8 Å². The Morgan fingerprint density at radius 1 is 0.521 bits per heavy atom. The molecule has 6 aromatic carbocycles. The third kappa shape index (κ3) is 15.9. The molecule has 26 heteroatoms. The van der Waals surface area contributed by atoms with E-state index in [-0.39, 0.29) is 86.9 Å². The molecule has 2 aromatic heterocycles. The van der Waals surface area contributed by atoms with Gasteiger partial charge < -0.3 is 64.4 Å². The molecule has 0 saturated carbocycles. The maximum Gasteiger partial charge on any atom is 0.310 e. The van der Waals surface area contributed by atoms with E-state index in [1.54, 1.807) is 41.4 Å². The molecule has 7 amide bonds. The van der Waals surface area contributed by atoms with Crippen molar-refractivity contribution in [1.29, 1.82) is 0 Å². The molecule has 2 saturated heterocycles. The van der Waals surface area contributed by atoms with E-state index in [0.29, 0.717) is 22.1 Å². The molecule has 4 N–H and O–H groups in total. The van der Waals surface area contributed by atoms with Crippen molar-refractivity contribution in [2.24, 2.45) is 0 Å². The Kier molecular flexibility index (Phi) is 21.3. The maximum atomic E-state index is 14.7. The third-order valence-corrected chi connectivity index (χ3v) is 16.1. The molecule has 6 heterocycles. The number of aromatic nitrogens is 2. The molecule has 0 bridgehead atoms. The highest BCUT2D eigenvalue weighted by atomic mass is 19.1. The second kappa shape index (κ2) is 30.8. The number of cyclic esters (lactones) is 2. The lowest BCUT2D eigenvalue weighted by Crippen LogP contribution is -2.55. The fourth-order valence-corrected chi connectivity index (χ4v) is 11.7. The van der Waals surface area contributed by atoms with Gasteiger partial charge in [0.05, 0.1) is 67.9 Å². The van der Waals surface area contributed by atoms with Gasteiger partial charge in [0.25, 0.3) is 29.5 Å². The standard InChI is InChI=1S/C35H32FN5O8.C35H35N5O7/c1-47-20-30(43)40-17-26(39-33(45)32-24-10-6-5-9-22(24)13-14-37-32)34(46)41(27-12-11-23(36)15-28(27)40)18-29(42)38-25-16-31(44)49-35(25)48-19-21-7-3-2-4-8-21;1-45-22-31(42)40-19-25(37-34(44)33-26-12-6-5-11-24(26)15-16-36-33)18-39(28-13-7-8-14-29(28)40)20-30(41)38-27-17-32(43)47-35(27)46-21-23-9-3-2-4-10-23/h2-15,25-26,35H,16-20H2,1H3,(H,38,42)(H,39,45);2-16,25,27,35H,17-22H2,1H3,(H,37,44)(H,38,41)/t25-,26-,35?;25-,27+,35?/m01/s1. The molecule has 6 atom stereocenters. The highest BCUT2D eigenvalue weighted by molar-refractivity contribution is 6.13. The number of methoxy groups -OCH3 is 2. The van der Waals surface area contributed by atoms with Crippen LogP contribution in [0.15, 0.2) is 176 Å². The van der Waals surface area contributed by atoms with Crippen molar-refractivity contribution in [2.75, 3.05) is 79.8 Å². The number of fused-ring (bicyclic) bond motifs is 4. The van der Waals surface area contributed by atoms with E-state index in [9.17, 15) is 47.5 Å². The number of anilines is 4. The van der Waals surface area contributed by atoms with E-state index >= 15 is 0 Å². The molecule has 0 radical (unpaired) electrons. The molecule has 96 heavy (non-hydrogen) atoms. The van der Waals surface area contributed by atoms with Gasteiger partial charge in [-0.2, -0.15) is 0 Å². The summed E-state index contributed by atoms with van der Waals surface area (Å²) < 4.78 is 47.2. The summed E-state index contributed by atoms with van der Waals surface area (Å²) in [5.41, 5.74) is 3.28. The Balaban J connectivity index is 0.000000195. The second-order valence-electron chi connectivity index (χ2n) is 22.8. The molecule has 494 valence electrons. The van der Waals surface area contributed by atoms with E-state index in [1.807, 2.05) is 120 Å². The van der Waals surface area contributed by atoms with E-state index in [1.165, 1.54) is 26.5 Å². The highest BCUT2D eigenvalue weighted by Crippen LogP contribution is 2.36. The zero-order chi connectivity index (χ0) is 67.2. The smallest absolute Gasteiger partial charge is 0.310 e. The first kappa shape index (κ1) is 66.4. The molecule has 0 spiro atoms. The zero-order valence-electron chi connectivity index (χ0n) is 52.2. The number of para-hydroxylation sites is 2. The molecule has 25 nitrogen and oxygen atoms in total. The molecule has 4 aliphatic heterocycles. The number of hydrogen-bond acceptors (Lipinski definition) is 18. The Morgan fingerprint density at radius 2 is 1.01 bits per heavy atom. The number of nitrogens with zero attached hydrogens (tertiary/aromatic N) is 6. The number of amides is 7. The normalized spacial score (nSPS) is 19.0. The van der Waals surface area contributed by atoms with Gasteiger partial charge >= 0.3 is 11.9 Å². The molecule has 12 rings (SSSR count). The van der Waals surface area contributed by atoms with Gasteiger partial charge in [0.2, 0.25) is 24.4 Å². The molecule has 2 fully saturated rings. The van der Waals surface area contributed by atoms with Gasteiger partial charge in [-0.3, -0.25) is 58.0 Å². The summed E-state index contributed by atoms with van der Waals surface area (Å²) in [7, 11) is 2.75. The van der Waals surface area contributed by atoms with Gasteiger partial charge in [-0.1, -0.05) is 121 Å². The summed E-state index contributed by atoms with van der Waals surface area (Å²) in [5.74, 6) is -5.58. The molecule has 0 aliphatic carbocycles. The van der Waals surface area contributed by atoms with Crippen LogP contribution >= 0.6 is 0 Å². The lowest BCUT2D eigenvalue weighted by Gasteiger charge is -2.28. The average molecular weight is 1310 g/mol. The van der Waals surface area contributed by atoms with Crippen molar-refractivity contribution >= 4 is 97.6 Å². The van der Waals surface area contributed by atoms with Crippen LogP contribution in [-0.4, -0.2) is 160 Å². The van der Waals surface area contributed by atoms with E-state index in [2.05, 4.69) is 31.2 Å². The summed E-state index contributed by atoms with van der Waals surface area (Å²) >= 11 is 0. The molecular weight excluding hydrogens is 1240 g/mol. The summed E-state index contributed by atoms with van der Waals surface area (Å²) in [6.45, 7) is -1.05. The predicted octanol–water partition coefficient (Wildman–Crippen LogP) is 5.28. The minimum atomic E-state index is -1.39. The number of nitrogens with one attached hydrogen (secondary N) is 4. The fraction of sp³-hybridized carbons (Fsp3) is 0.271. The number of halogens is 1. The van der Waals surface area contributed by atoms with Crippen LogP contribution in [-0.2, 0) is 75.2 Å². The van der Waals surface area contributed by atoms with E-state index < -0.39 is 104 Å². The molecule has 2 unspecified atom stereocenters. The van der Waals surface area contributed by atoms with Crippen molar-refractivity contribution in [3.8, 4) is 0 Å².